The van der Waals surface area contributed by atoms with Crippen molar-refractivity contribution in [3.8, 4) is 0 Å². The molecule has 94 valence electrons. The Balaban J connectivity index is 1.95. The maximum Gasteiger partial charge on any atom is 0.238 e. The third kappa shape index (κ3) is 1.84. The Morgan fingerprint density at radius 3 is 2.22 bits per heavy atom. The second-order valence-corrected chi connectivity index (χ2v) is 6.09. The molecule has 1 aromatic rings. The lowest BCUT2D eigenvalue weighted by Crippen LogP contribution is -2.31. The van der Waals surface area contributed by atoms with Crippen LogP contribution in [0.5, 0.6) is 0 Å². The molecule has 2 fully saturated rings. The first-order chi connectivity index (χ1) is 8.68. The van der Waals surface area contributed by atoms with E-state index in [9.17, 15) is 9.59 Å². The number of imide groups is 1. The van der Waals surface area contributed by atoms with E-state index < -0.39 is 0 Å². The second kappa shape index (κ2) is 4.60. The number of anilines is 1. The Hall–Kier alpha value is -0.980. The molecule has 2 amide bonds. The van der Waals surface area contributed by atoms with Gasteiger partial charge in [0.1, 0.15) is 5.82 Å². The van der Waals surface area contributed by atoms with Crippen LogP contribution in [0.15, 0.2) is 18.3 Å². The van der Waals surface area contributed by atoms with E-state index in [-0.39, 0.29) is 23.7 Å². The highest BCUT2D eigenvalue weighted by atomic mass is 127. The largest absolute Gasteiger partial charge is 0.274 e. The van der Waals surface area contributed by atoms with E-state index in [1.807, 2.05) is 6.07 Å². The summed E-state index contributed by atoms with van der Waals surface area (Å²) in [6, 6.07) is 3.61. The molecule has 18 heavy (non-hydrogen) atoms. The summed E-state index contributed by atoms with van der Waals surface area (Å²) in [7, 11) is 0. The van der Waals surface area contributed by atoms with Crippen LogP contribution in [0.1, 0.15) is 25.7 Å². The molecule has 4 nitrogen and oxygen atoms in total. The predicted octanol–water partition coefficient (Wildman–Crippen LogP) is 2.37. The number of carbonyl (C=O) groups excluding carboxylic acids is 2. The van der Waals surface area contributed by atoms with Crippen molar-refractivity contribution in [1.82, 2.24) is 4.98 Å². The van der Waals surface area contributed by atoms with Crippen molar-refractivity contribution < 1.29 is 9.59 Å². The van der Waals surface area contributed by atoms with Gasteiger partial charge in [-0.15, -0.1) is 0 Å². The molecule has 0 bridgehead atoms. The lowest BCUT2D eigenvalue weighted by atomic mass is 9.81. The topological polar surface area (TPSA) is 50.3 Å². The Bertz CT molecular complexity index is 476. The summed E-state index contributed by atoms with van der Waals surface area (Å²) < 4.78 is 0.993. The van der Waals surface area contributed by atoms with Gasteiger partial charge in [0.15, 0.2) is 0 Å². The normalized spacial score (nSPS) is 27.5. The van der Waals surface area contributed by atoms with Gasteiger partial charge in [-0.25, -0.2) is 9.88 Å². The monoisotopic (exact) mass is 356 g/mol. The predicted molar refractivity (Wildman–Crippen MR) is 74.9 cm³/mol. The highest BCUT2D eigenvalue weighted by molar-refractivity contribution is 14.1. The third-order valence-electron chi connectivity index (χ3n) is 3.78. The smallest absolute Gasteiger partial charge is 0.238 e. The van der Waals surface area contributed by atoms with Gasteiger partial charge >= 0.3 is 0 Å². The van der Waals surface area contributed by atoms with Crippen molar-refractivity contribution in [2.24, 2.45) is 11.8 Å². The molecule has 1 saturated carbocycles. The van der Waals surface area contributed by atoms with Gasteiger partial charge in [-0.3, -0.25) is 9.59 Å². The fraction of sp³-hybridized carbons (Fsp3) is 0.462. The molecule has 1 aliphatic carbocycles. The van der Waals surface area contributed by atoms with Crippen LogP contribution in [0.4, 0.5) is 5.82 Å². The first-order valence-corrected chi connectivity index (χ1v) is 7.26. The third-order valence-corrected chi connectivity index (χ3v) is 4.42. The molecule has 0 N–H and O–H groups in total. The highest BCUT2D eigenvalue weighted by Crippen LogP contribution is 2.39. The Kier molecular flexibility index (Phi) is 3.09. The first kappa shape index (κ1) is 12.1. The standard InChI is InChI=1S/C13H13IN2O2/c14-8-5-6-11(15-7-8)16-12(17)9-3-1-2-4-10(9)13(16)18/h5-7,9-10H,1-4H2. The molecule has 0 spiro atoms. The Morgan fingerprint density at radius 2 is 1.72 bits per heavy atom. The van der Waals surface area contributed by atoms with Gasteiger partial charge in [0.05, 0.1) is 11.8 Å². The van der Waals surface area contributed by atoms with Crippen molar-refractivity contribution in [2.45, 2.75) is 25.7 Å². The van der Waals surface area contributed by atoms with E-state index in [2.05, 4.69) is 27.6 Å². The molecular formula is C13H13IN2O2. The lowest BCUT2D eigenvalue weighted by molar-refractivity contribution is -0.122. The van der Waals surface area contributed by atoms with Gasteiger partial charge in [0.2, 0.25) is 11.8 Å². The van der Waals surface area contributed by atoms with Crippen LogP contribution < -0.4 is 4.90 Å². The van der Waals surface area contributed by atoms with Crippen LogP contribution >= 0.6 is 22.6 Å². The van der Waals surface area contributed by atoms with Crippen molar-refractivity contribution in [3.63, 3.8) is 0 Å². The zero-order chi connectivity index (χ0) is 12.7. The molecule has 2 unspecified atom stereocenters. The van der Waals surface area contributed by atoms with Crippen LogP contribution in [0.25, 0.3) is 0 Å². The number of amides is 2. The number of nitrogens with zero attached hydrogens (tertiary/aromatic N) is 2. The van der Waals surface area contributed by atoms with Gasteiger partial charge in [-0.1, -0.05) is 12.8 Å². The van der Waals surface area contributed by atoms with Gasteiger partial charge in [0, 0.05) is 9.77 Å². The molecule has 2 heterocycles. The number of aromatic nitrogens is 1. The maximum absolute atomic E-state index is 12.3. The molecule has 0 radical (unpaired) electrons. The van der Waals surface area contributed by atoms with Crippen LogP contribution in [-0.4, -0.2) is 16.8 Å². The van der Waals surface area contributed by atoms with E-state index in [1.165, 1.54) is 4.90 Å². The fourth-order valence-electron chi connectivity index (χ4n) is 2.89. The van der Waals surface area contributed by atoms with Crippen molar-refractivity contribution >= 4 is 40.2 Å². The molecule has 1 saturated heterocycles. The van der Waals surface area contributed by atoms with Crippen LogP contribution in [0.3, 0.4) is 0 Å². The summed E-state index contributed by atoms with van der Waals surface area (Å²) in [5.41, 5.74) is 0. The van der Waals surface area contributed by atoms with Crippen LogP contribution in [0, 0.1) is 15.4 Å². The average Bonchev–Trinajstić information content (AvgIpc) is 2.64. The first-order valence-electron chi connectivity index (χ1n) is 6.18. The molecule has 1 aromatic heterocycles. The minimum atomic E-state index is -0.104. The molecule has 5 heteroatoms. The van der Waals surface area contributed by atoms with Crippen LogP contribution in [-0.2, 0) is 9.59 Å². The summed E-state index contributed by atoms with van der Waals surface area (Å²) >= 11 is 2.15. The number of pyridine rings is 1. The van der Waals surface area contributed by atoms with Gasteiger partial charge in [-0.2, -0.15) is 0 Å². The maximum atomic E-state index is 12.3. The minimum absolute atomic E-state index is 0.0570. The lowest BCUT2D eigenvalue weighted by Gasteiger charge is -2.19. The Labute approximate surface area is 119 Å². The molecule has 2 atom stereocenters. The summed E-state index contributed by atoms with van der Waals surface area (Å²) in [5, 5.41) is 0. The van der Waals surface area contributed by atoms with E-state index in [1.54, 1.807) is 12.3 Å². The van der Waals surface area contributed by atoms with E-state index in [4.69, 9.17) is 0 Å². The second-order valence-electron chi connectivity index (χ2n) is 4.84. The number of hydrogen-bond acceptors (Lipinski definition) is 3. The number of rotatable bonds is 1. The van der Waals surface area contributed by atoms with Crippen molar-refractivity contribution in [3.05, 3.63) is 21.9 Å². The number of fused-ring (bicyclic) bond motifs is 1. The SMILES string of the molecule is O=C1C2CCCCC2C(=O)N1c1ccc(I)cn1. The summed E-state index contributed by atoms with van der Waals surface area (Å²) in [6.45, 7) is 0. The van der Waals surface area contributed by atoms with E-state index >= 15 is 0 Å². The minimum Gasteiger partial charge on any atom is -0.274 e. The number of halogens is 1. The number of hydrogen-bond donors (Lipinski definition) is 0. The quantitative estimate of drug-likeness (QED) is 0.574. The molecule has 2 aliphatic rings. The summed E-state index contributed by atoms with van der Waals surface area (Å²) in [5.74, 6) is 0.149. The Morgan fingerprint density at radius 1 is 1.11 bits per heavy atom. The fourth-order valence-corrected chi connectivity index (χ4v) is 3.21. The molecule has 1 aliphatic heterocycles. The zero-order valence-corrected chi connectivity index (χ0v) is 12.0. The molecular weight excluding hydrogens is 343 g/mol. The average molecular weight is 356 g/mol. The summed E-state index contributed by atoms with van der Waals surface area (Å²) in [6.07, 6.45) is 5.47. The molecule has 3 rings (SSSR count). The molecule has 0 aromatic carbocycles. The van der Waals surface area contributed by atoms with E-state index in [0.29, 0.717) is 5.82 Å². The van der Waals surface area contributed by atoms with Gasteiger partial charge in [0.25, 0.3) is 0 Å². The highest BCUT2D eigenvalue weighted by Gasteiger charge is 2.49. The number of carbonyl (C=O) groups is 2. The summed E-state index contributed by atoms with van der Waals surface area (Å²) in [4.78, 5) is 30.1. The van der Waals surface area contributed by atoms with E-state index in [0.717, 1.165) is 29.3 Å². The van der Waals surface area contributed by atoms with Crippen molar-refractivity contribution in [1.29, 1.82) is 0 Å². The van der Waals surface area contributed by atoms with Crippen molar-refractivity contribution in [2.75, 3.05) is 4.90 Å². The van der Waals surface area contributed by atoms with Gasteiger partial charge in [-0.05, 0) is 47.6 Å². The van der Waals surface area contributed by atoms with Gasteiger partial charge < -0.3 is 0 Å². The zero-order valence-electron chi connectivity index (χ0n) is 9.80. The van der Waals surface area contributed by atoms with Crippen LogP contribution in [0.2, 0.25) is 0 Å².